The zero-order valence-corrected chi connectivity index (χ0v) is 18.1. The average Bonchev–Trinajstić information content (AvgIpc) is 3.09. The SMILES string of the molecule is CC(F)C(F)c1cc(F)cc(C#N)c1Cc1cc(F)c(C2CCOCC2)c2c1CC(F)C2O. The second kappa shape index (κ2) is 9.40. The fourth-order valence-corrected chi connectivity index (χ4v) is 5.05. The highest BCUT2D eigenvalue weighted by Crippen LogP contribution is 2.45. The molecular formula is C25H24F5NO2. The summed E-state index contributed by atoms with van der Waals surface area (Å²) in [7, 11) is 0. The maximum absolute atomic E-state index is 15.4. The molecule has 0 amide bonds. The zero-order valence-electron chi connectivity index (χ0n) is 18.1. The second-order valence-electron chi connectivity index (χ2n) is 8.76. The Morgan fingerprint density at radius 1 is 1.15 bits per heavy atom. The molecule has 0 spiro atoms. The van der Waals surface area contributed by atoms with E-state index in [0.29, 0.717) is 31.6 Å². The van der Waals surface area contributed by atoms with E-state index in [9.17, 15) is 27.9 Å². The molecule has 0 radical (unpaired) electrons. The van der Waals surface area contributed by atoms with E-state index in [4.69, 9.17) is 4.74 Å². The molecule has 1 aliphatic heterocycles. The molecule has 2 aromatic carbocycles. The maximum Gasteiger partial charge on any atom is 0.156 e. The average molecular weight is 465 g/mol. The molecule has 1 heterocycles. The quantitative estimate of drug-likeness (QED) is 0.584. The highest BCUT2D eigenvalue weighted by Gasteiger charge is 2.39. The molecule has 0 aromatic heterocycles. The van der Waals surface area contributed by atoms with Gasteiger partial charge in [-0.2, -0.15) is 5.26 Å². The summed E-state index contributed by atoms with van der Waals surface area (Å²) in [5, 5.41) is 20.0. The second-order valence-corrected chi connectivity index (χ2v) is 8.76. The van der Waals surface area contributed by atoms with Crippen LogP contribution in [0.25, 0.3) is 0 Å². The summed E-state index contributed by atoms with van der Waals surface area (Å²) in [6, 6.07) is 4.75. The summed E-state index contributed by atoms with van der Waals surface area (Å²) in [5.74, 6) is -1.75. The van der Waals surface area contributed by atoms with Crippen molar-refractivity contribution in [2.75, 3.05) is 13.2 Å². The Balaban J connectivity index is 1.86. The molecule has 1 N–H and O–H groups in total. The van der Waals surface area contributed by atoms with Gasteiger partial charge in [0.15, 0.2) is 6.17 Å². The molecule has 4 rings (SSSR count). The highest BCUT2D eigenvalue weighted by molar-refractivity contribution is 5.53. The molecule has 3 nitrogen and oxygen atoms in total. The minimum atomic E-state index is -2.19. The van der Waals surface area contributed by atoms with Gasteiger partial charge in [-0.3, -0.25) is 0 Å². The zero-order chi connectivity index (χ0) is 23.9. The van der Waals surface area contributed by atoms with Gasteiger partial charge in [0, 0.05) is 19.6 Å². The van der Waals surface area contributed by atoms with Crippen molar-refractivity contribution < 1.29 is 31.8 Å². The molecule has 176 valence electrons. The predicted octanol–water partition coefficient (Wildman–Crippen LogP) is 5.62. The topological polar surface area (TPSA) is 53.2 Å². The number of nitriles is 1. The van der Waals surface area contributed by atoms with Crippen LogP contribution in [0, 0.1) is 23.0 Å². The number of rotatable bonds is 5. The Morgan fingerprint density at radius 3 is 2.48 bits per heavy atom. The molecular weight excluding hydrogens is 441 g/mol. The number of halogens is 5. The third-order valence-electron chi connectivity index (χ3n) is 6.67. The molecule has 33 heavy (non-hydrogen) atoms. The smallest absolute Gasteiger partial charge is 0.156 e. The van der Waals surface area contributed by atoms with Crippen molar-refractivity contribution in [2.45, 2.75) is 63.1 Å². The summed E-state index contributed by atoms with van der Waals surface area (Å²) in [6.45, 7) is 1.84. The standard InChI is InChI=1S/C25H24F5NO2/c1-12(26)24(30)19-9-16(27)6-15(11-31)17(19)7-14-8-20(28)22(13-2-4-33-5-3-13)23-18(14)10-21(29)25(23)32/h6,8-9,12-13,21,24-25,32H,2-5,7,10H2,1H3. The molecule has 0 saturated carbocycles. The van der Waals surface area contributed by atoms with E-state index in [1.165, 1.54) is 6.07 Å². The van der Waals surface area contributed by atoms with Crippen LogP contribution in [0.5, 0.6) is 0 Å². The maximum atomic E-state index is 15.4. The van der Waals surface area contributed by atoms with Crippen molar-refractivity contribution >= 4 is 0 Å². The lowest BCUT2D eigenvalue weighted by molar-refractivity contribution is 0.0787. The first-order valence-electron chi connectivity index (χ1n) is 11.0. The minimum absolute atomic E-state index is 0.0214. The van der Waals surface area contributed by atoms with Crippen molar-refractivity contribution in [1.29, 1.82) is 5.26 Å². The first-order chi connectivity index (χ1) is 15.7. The van der Waals surface area contributed by atoms with Gasteiger partial charge in [0.2, 0.25) is 0 Å². The summed E-state index contributed by atoms with van der Waals surface area (Å²) >= 11 is 0. The fourth-order valence-electron chi connectivity index (χ4n) is 5.05. The summed E-state index contributed by atoms with van der Waals surface area (Å²) in [6.07, 6.45) is -6.63. The van der Waals surface area contributed by atoms with E-state index >= 15 is 4.39 Å². The third-order valence-corrected chi connectivity index (χ3v) is 6.67. The van der Waals surface area contributed by atoms with Crippen molar-refractivity contribution in [2.24, 2.45) is 0 Å². The van der Waals surface area contributed by atoms with Gasteiger partial charge < -0.3 is 9.84 Å². The van der Waals surface area contributed by atoms with Crippen molar-refractivity contribution in [3.8, 4) is 6.07 Å². The molecule has 8 heteroatoms. The minimum Gasteiger partial charge on any atom is -0.385 e. The summed E-state index contributed by atoms with van der Waals surface area (Å²) in [4.78, 5) is 0. The predicted molar refractivity (Wildman–Crippen MR) is 111 cm³/mol. The van der Waals surface area contributed by atoms with Gasteiger partial charge in [0.25, 0.3) is 0 Å². The Kier molecular flexibility index (Phi) is 6.73. The fraction of sp³-hybridized carbons (Fsp3) is 0.480. The van der Waals surface area contributed by atoms with Gasteiger partial charge in [-0.1, -0.05) is 0 Å². The largest absolute Gasteiger partial charge is 0.385 e. The lowest BCUT2D eigenvalue weighted by Gasteiger charge is -2.27. The van der Waals surface area contributed by atoms with Crippen LogP contribution in [0.4, 0.5) is 22.0 Å². The van der Waals surface area contributed by atoms with Crippen molar-refractivity contribution in [1.82, 2.24) is 0 Å². The van der Waals surface area contributed by atoms with Crippen LogP contribution in [0.3, 0.4) is 0 Å². The molecule has 1 aliphatic carbocycles. The number of benzene rings is 2. The van der Waals surface area contributed by atoms with Gasteiger partial charge in [-0.25, -0.2) is 22.0 Å². The van der Waals surface area contributed by atoms with Crippen LogP contribution >= 0.6 is 0 Å². The van der Waals surface area contributed by atoms with E-state index in [1.54, 1.807) is 6.07 Å². The van der Waals surface area contributed by atoms with Gasteiger partial charge in [0.1, 0.15) is 30.1 Å². The lowest BCUT2D eigenvalue weighted by atomic mass is 9.82. The monoisotopic (exact) mass is 465 g/mol. The van der Waals surface area contributed by atoms with Crippen LogP contribution in [0.2, 0.25) is 0 Å². The molecule has 4 atom stereocenters. The number of ether oxygens (including phenoxy) is 1. The first kappa shape index (κ1) is 23.7. The number of nitrogens with zero attached hydrogens (tertiary/aromatic N) is 1. The summed E-state index contributed by atoms with van der Waals surface area (Å²) in [5.41, 5.74) is 0.618. The third kappa shape index (κ3) is 4.36. The molecule has 1 fully saturated rings. The molecule has 1 saturated heterocycles. The Morgan fingerprint density at radius 2 is 1.85 bits per heavy atom. The van der Waals surface area contributed by atoms with Crippen LogP contribution in [0.1, 0.15) is 76.9 Å². The molecule has 2 aromatic rings. The van der Waals surface area contributed by atoms with Crippen LogP contribution in [0.15, 0.2) is 18.2 Å². The first-order valence-corrected chi connectivity index (χ1v) is 11.0. The van der Waals surface area contributed by atoms with E-state index < -0.39 is 36.3 Å². The summed E-state index contributed by atoms with van der Waals surface area (Å²) < 4.78 is 77.8. The van der Waals surface area contributed by atoms with Gasteiger partial charge >= 0.3 is 0 Å². The Hall–Kier alpha value is -2.50. The Labute approximate surface area is 188 Å². The van der Waals surface area contributed by atoms with Crippen LogP contribution in [-0.2, 0) is 17.6 Å². The molecule has 2 aliphatic rings. The van der Waals surface area contributed by atoms with Crippen LogP contribution < -0.4 is 0 Å². The number of alkyl halides is 3. The van der Waals surface area contributed by atoms with Crippen LogP contribution in [-0.4, -0.2) is 30.7 Å². The number of hydrogen-bond donors (Lipinski definition) is 1. The number of fused-ring (bicyclic) bond motifs is 1. The van der Waals surface area contributed by atoms with E-state index in [0.717, 1.165) is 19.1 Å². The van der Waals surface area contributed by atoms with E-state index in [2.05, 4.69) is 0 Å². The lowest BCUT2D eigenvalue weighted by Crippen LogP contribution is -2.19. The van der Waals surface area contributed by atoms with Crippen molar-refractivity contribution in [3.05, 3.63) is 68.8 Å². The number of hydrogen-bond acceptors (Lipinski definition) is 3. The van der Waals surface area contributed by atoms with E-state index in [-0.39, 0.29) is 52.1 Å². The number of aliphatic hydroxyl groups is 1. The van der Waals surface area contributed by atoms with Gasteiger partial charge in [0.05, 0.1) is 11.6 Å². The van der Waals surface area contributed by atoms with Crippen molar-refractivity contribution in [3.63, 3.8) is 0 Å². The number of aliphatic hydroxyl groups excluding tert-OH is 1. The van der Waals surface area contributed by atoms with Gasteiger partial charge in [-0.05, 0) is 83.7 Å². The highest BCUT2D eigenvalue weighted by atomic mass is 19.2. The molecule has 4 unspecified atom stereocenters. The van der Waals surface area contributed by atoms with E-state index in [1.807, 2.05) is 0 Å². The molecule has 0 bridgehead atoms. The Bertz CT molecular complexity index is 1090. The normalized spacial score (nSPS) is 22.6. The van der Waals surface area contributed by atoms with Gasteiger partial charge in [-0.15, -0.1) is 0 Å².